The minimum absolute atomic E-state index is 0.194. The van der Waals surface area contributed by atoms with Gasteiger partial charge in [-0.15, -0.1) is 0 Å². The van der Waals surface area contributed by atoms with E-state index in [9.17, 15) is 24.9 Å². The molecule has 0 aliphatic heterocycles. The van der Waals surface area contributed by atoms with E-state index in [0.29, 0.717) is 18.4 Å². The van der Waals surface area contributed by atoms with Gasteiger partial charge in [0.15, 0.2) is 6.10 Å². The Hall–Kier alpha value is -1.92. The second kappa shape index (κ2) is 4.64. The van der Waals surface area contributed by atoms with Crippen molar-refractivity contribution in [1.29, 1.82) is 0 Å². The molecule has 6 nitrogen and oxygen atoms in total. The van der Waals surface area contributed by atoms with Crippen LogP contribution < -0.4 is 0 Å². The maximum Gasteiger partial charge on any atom is 0.335 e. The Morgan fingerprint density at radius 1 is 1.16 bits per heavy atom. The van der Waals surface area contributed by atoms with Gasteiger partial charge in [0, 0.05) is 0 Å². The third kappa shape index (κ3) is 2.32. The molecule has 0 radical (unpaired) electrons. The Balaban J connectivity index is 2.30. The van der Waals surface area contributed by atoms with Crippen molar-refractivity contribution >= 4 is 11.9 Å². The van der Waals surface area contributed by atoms with E-state index in [0.717, 1.165) is 0 Å². The lowest BCUT2D eigenvalue weighted by atomic mass is 9.92. The van der Waals surface area contributed by atoms with Crippen LogP contribution in [0.4, 0.5) is 0 Å². The van der Waals surface area contributed by atoms with Gasteiger partial charge in [0.05, 0.1) is 5.41 Å². The van der Waals surface area contributed by atoms with Crippen molar-refractivity contribution < 1.29 is 30.0 Å². The van der Waals surface area contributed by atoms with Crippen LogP contribution in [0.3, 0.4) is 0 Å². The maximum atomic E-state index is 11.2. The fraction of sp³-hybridized carbons (Fsp3) is 0.385. The molecule has 1 aromatic rings. The number of aliphatic hydroxyl groups is 2. The van der Waals surface area contributed by atoms with Gasteiger partial charge < -0.3 is 20.4 Å². The van der Waals surface area contributed by atoms with Crippen molar-refractivity contribution in [2.24, 2.45) is 0 Å². The minimum Gasteiger partial charge on any atom is -0.481 e. The number of rotatable bonds is 5. The number of hydrogen-bond donors (Lipinski definition) is 4. The van der Waals surface area contributed by atoms with Crippen LogP contribution in [0, 0.1) is 0 Å². The molecule has 1 saturated carbocycles. The van der Waals surface area contributed by atoms with Gasteiger partial charge in [0.25, 0.3) is 0 Å². The number of aliphatic carboxylic acids is 2. The number of hydrogen-bond acceptors (Lipinski definition) is 4. The van der Waals surface area contributed by atoms with Crippen molar-refractivity contribution in [2.75, 3.05) is 0 Å². The summed E-state index contributed by atoms with van der Waals surface area (Å²) < 4.78 is 0. The van der Waals surface area contributed by atoms with Crippen LogP contribution in [-0.4, -0.2) is 38.5 Å². The Labute approximate surface area is 108 Å². The number of carbonyl (C=O) groups is 2. The molecule has 2 unspecified atom stereocenters. The summed E-state index contributed by atoms with van der Waals surface area (Å²) in [6, 6.07) is 6.08. The lowest BCUT2D eigenvalue weighted by molar-refractivity contribution is -0.153. The first-order valence-corrected chi connectivity index (χ1v) is 5.81. The minimum atomic E-state index is -1.93. The highest BCUT2D eigenvalue weighted by Crippen LogP contribution is 2.48. The molecule has 0 aromatic heterocycles. The fourth-order valence-corrected chi connectivity index (χ4v) is 2.09. The first kappa shape index (κ1) is 13.5. The Kier molecular flexibility index (Phi) is 3.30. The van der Waals surface area contributed by atoms with Crippen molar-refractivity contribution in [3.05, 3.63) is 35.4 Å². The molecule has 0 saturated heterocycles. The zero-order valence-electron chi connectivity index (χ0n) is 9.98. The van der Waals surface area contributed by atoms with E-state index < -0.39 is 29.6 Å². The Bertz CT molecular complexity index is 520. The van der Waals surface area contributed by atoms with Crippen LogP contribution in [-0.2, 0) is 15.0 Å². The molecule has 102 valence electrons. The molecule has 6 heteroatoms. The average Bonchev–Trinajstić information content (AvgIpc) is 3.18. The topological polar surface area (TPSA) is 115 Å². The molecular formula is C13H14O6. The van der Waals surface area contributed by atoms with Crippen LogP contribution in [0.15, 0.2) is 24.3 Å². The second-order valence-corrected chi connectivity index (χ2v) is 4.74. The van der Waals surface area contributed by atoms with Crippen LogP contribution in [0.2, 0.25) is 0 Å². The molecule has 0 bridgehead atoms. The van der Waals surface area contributed by atoms with Gasteiger partial charge >= 0.3 is 11.9 Å². The standard InChI is InChI=1S/C13H14O6/c14-9(10(15)11(16)17)7-2-1-3-8(6-7)13(4-5-13)12(18)19/h1-3,6,9-10,14-15H,4-5H2,(H,16,17)(H,18,19). The zero-order valence-corrected chi connectivity index (χ0v) is 9.98. The number of carboxylic acid groups (broad SMARTS) is 2. The molecule has 0 spiro atoms. The van der Waals surface area contributed by atoms with Gasteiger partial charge in [0.1, 0.15) is 6.10 Å². The summed E-state index contributed by atoms with van der Waals surface area (Å²) in [5.41, 5.74) is -0.210. The summed E-state index contributed by atoms with van der Waals surface area (Å²) in [4.78, 5) is 21.8. The second-order valence-electron chi connectivity index (χ2n) is 4.74. The summed E-state index contributed by atoms with van der Waals surface area (Å²) in [6.45, 7) is 0. The smallest absolute Gasteiger partial charge is 0.335 e. The van der Waals surface area contributed by atoms with Crippen LogP contribution in [0.1, 0.15) is 30.1 Å². The molecule has 2 atom stereocenters. The summed E-state index contributed by atoms with van der Waals surface area (Å²) in [7, 11) is 0. The highest BCUT2D eigenvalue weighted by molar-refractivity contribution is 5.85. The largest absolute Gasteiger partial charge is 0.481 e. The predicted octanol–water partition coefficient (Wildman–Crippen LogP) is 0.282. The molecule has 0 amide bonds. The van der Waals surface area contributed by atoms with Crippen molar-refractivity contribution in [1.82, 2.24) is 0 Å². The van der Waals surface area contributed by atoms with Gasteiger partial charge in [0.2, 0.25) is 0 Å². The lowest BCUT2D eigenvalue weighted by Crippen LogP contribution is -2.28. The molecule has 0 heterocycles. The number of aliphatic hydroxyl groups excluding tert-OH is 2. The quantitative estimate of drug-likeness (QED) is 0.608. The zero-order chi connectivity index (χ0) is 14.2. The summed E-state index contributed by atoms with van der Waals surface area (Å²) in [6.07, 6.45) is -2.48. The van der Waals surface area contributed by atoms with Gasteiger partial charge in [-0.25, -0.2) is 4.79 Å². The molecule has 19 heavy (non-hydrogen) atoms. The normalized spacial score (nSPS) is 19.5. The summed E-state index contributed by atoms with van der Waals surface area (Å²) in [5, 5.41) is 36.8. The SMILES string of the molecule is O=C(O)C(O)C(O)c1cccc(C2(C(=O)O)CC2)c1. The van der Waals surface area contributed by atoms with Gasteiger partial charge in [-0.2, -0.15) is 0 Å². The van der Waals surface area contributed by atoms with Gasteiger partial charge in [-0.05, 0) is 24.0 Å². The maximum absolute atomic E-state index is 11.2. The van der Waals surface area contributed by atoms with E-state index in [2.05, 4.69) is 0 Å². The van der Waals surface area contributed by atoms with E-state index in [4.69, 9.17) is 5.11 Å². The van der Waals surface area contributed by atoms with Crippen molar-refractivity contribution in [3.63, 3.8) is 0 Å². The molecule has 1 fully saturated rings. The van der Waals surface area contributed by atoms with Gasteiger partial charge in [-0.3, -0.25) is 4.79 Å². The highest BCUT2D eigenvalue weighted by atomic mass is 16.4. The fourth-order valence-electron chi connectivity index (χ4n) is 2.09. The average molecular weight is 266 g/mol. The highest BCUT2D eigenvalue weighted by Gasteiger charge is 2.51. The van der Waals surface area contributed by atoms with E-state index in [1.165, 1.54) is 12.1 Å². The molecule has 4 N–H and O–H groups in total. The summed E-state index contributed by atoms with van der Waals surface area (Å²) >= 11 is 0. The van der Waals surface area contributed by atoms with Crippen molar-refractivity contribution in [3.8, 4) is 0 Å². The molecular weight excluding hydrogens is 252 g/mol. The Morgan fingerprint density at radius 2 is 1.79 bits per heavy atom. The molecule has 1 aromatic carbocycles. The number of benzene rings is 1. The van der Waals surface area contributed by atoms with E-state index in [1.807, 2.05) is 0 Å². The molecule has 1 aliphatic rings. The van der Waals surface area contributed by atoms with Crippen LogP contribution >= 0.6 is 0 Å². The third-order valence-corrected chi connectivity index (χ3v) is 3.49. The van der Waals surface area contributed by atoms with Crippen LogP contribution in [0.5, 0.6) is 0 Å². The molecule has 1 aliphatic carbocycles. The van der Waals surface area contributed by atoms with E-state index in [-0.39, 0.29) is 5.56 Å². The lowest BCUT2D eigenvalue weighted by Gasteiger charge is -2.17. The van der Waals surface area contributed by atoms with E-state index in [1.54, 1.807) is 12.1 Å². The predicted molar refractivity (Wildman–Crippen MR) is 63.6 cm³/mol. The first-order chi connectivity index (χ1) is 8.88. The van der Waals surface area contributed by atoms with Crippen LogP contribution in [0.25, 0.3) is 0 Å². The summed E-state index contributed by atoms with van der Waals surface area (Å²) in [5.74, 6) is -2.46. The first-order valence-electron chi connectivity index (χ1n) is 5.81. The third-order valence-electron chi connectivity index (χ3n) is 3.49. The Morgan fingerprint density at radius 3 is 2.26 bits per heavy atom. The van der Waals surface area contributed by atoms with E-state index >= 15 is 0 Å². The number of carboxylic acids is 2. The van der Waals surface area contributed by atoms with Crippen molar-refractivity contribution in [2.45, 2.75) is 30.5 Å². The molecule has 2 rings (SSSR count). The van der Waals surface area contributed by atoms with Gasteiger partial charge in [-0.1, -0.05) is 24.3 Å². The monoisotopic (exact) mass is 266 g/mol.